The first kappa shape index (κ1) is 21.7. The van der Waals surface area contributed by atoms with Crippen LogP contribution in [0, 0.1) is 18.8 Å². The van der Waals surface area contributed by atoms with Crippen molar-refractivity contribution in [2.45, 2.75) is 38.5 Å². The van der Waals surface area contributed by atoms with Gasteiger partial charge >= 0.3 is 5.97 Å². The lowest BCUT2D eigenvalue weighted by atomic mass is 9.92. The van der Waals surface area contributed by atoms with Gasteiger partial charge in [-0.05, 0) is 44.2 Å². The molecule has 0 saturated heterocycles. The van der Waals surface area contributed by atoms with Crippen molar-refractivity contribution in [3.05, 3.63) is 29.8 Å². The second-order valence-electron chi connectivity index (χ2n) is 5.94. The molecule has 8 heteroatoms. The number of hydrogen-bond acceptors (Lipinski definition) is 6. The van der Waals surface area contributed by atoms with Crippen LogP contribution in [0.4, 0.5) is 0 Å². The third-order valence-electron chi connectivity index (χ3n) is 3.97. The van der Waals surface area contributed by atoms with Crippen molar-refractivity contribution in [1.29, 1.82) is 0 Å². The molecule has 140 valence electrons. The lowest BCUT2D eigenvalue weighted by Gasteiger charge is -2.21. The first-order chi connectivity index (χ1) is 11.8. The van der Waals surface area contributed by atoms with Gasteiger partial charge in [0.15, 0.2) is 8.46 Å². The van der Waals surface area contributed by atoms with Gasteiger partial charge in [0.25, 0.3) is 10.1 Å². The Kier molecular flexibility index (Phi) is 9.25. The molecule has 0 spiro atoms. The number of carbonyl (C=O) groups is 1. The highest BCUT2D eigenvalue weighted by atomic mass is 32.2. The average Bonchev–Trinajstić information content (AvgIpc) is 2.57. The molecule has 0 aromatic heterocycles. The largest absolute Gasteiger partial charge is 0.466 e. The van der Waals surface area contributed by atoms with Crippen LogP contribution in [-0.4, -0.2) is 33.8 Å². The second-order valence-corrected chi connectivity index (χ2v) is 8.18. The summed E-state index contributed by atoms with van der Waals surface area (Å²) in [5.74, 6) is -0.561. The highest BCUT2D eigenvalue weighted by Gasteiger charge is 2.23. The van der Waals surface area contributed by atoms with E-state index >= 15 is 0 Å². The quantitative estimate of drug-likeness (QED) is 0.327. The van der Waals surface area contributed by atoms with E-state index in [1.165, 1.54) is 12.1 Å². The first-order valence-electron chi connectivity index (χ1n) is 8.21. The summed E-state index contributed by atoms with van der Waals surface area (Å²) in [5, 5.41) is 0. The summed E-state index contributed by atoms with van der Waals surface area (Å²) in [6.45, 7) is 5.75. The zero-order valence-corrected chi connectivity index (χ0v) is 16.5. The SMILES string of the molecule is CCOC(=O)CCC(C)C(COS(=O)(=O)c1ccc(C)cc1)CP=O. The Morgan fingerprint density at radius 2 is 1.88 bits per heavy atom. The van der Waals surface area contributed by atoms with Crippen molar-refractivity contribution in [2.75, 3.05) is 19.4 Å². The first-order valence-corrected chi connectivity index (χ1v) is 10.6. The maximum absolute atomic E-state index is 12.2. The van der Waals surface area contributed by atoms with Gasteiger partial charge in [0.1, 0.15) is 0 Å². The molecule has 1 aromatic rings. The molecule has 0 aliphatic carbocycles. The third-order valence-corrected chi connectivity index (χ3v) is 5.88. The Morgan fingerprint density at radius 3 is 2.44 bits per heavy atom. The maximum atomic E-state index is 12.2. The highest BCUT2D eigenvalue weighted by Crippen LogP contribution is 2.24. The van der Waals surface area contributed by atoms with Crippen molar-refractivity contribution in [2.24, 2.45) is 11.8 Å². The molecule has 1 rings (SSSR count). The van der Waals surface area contributed by atoms with Gasteiger partial charge < -0.3 is 4.74 Å². The number of rotatable bonds is 11. The number of hydrogen-bond donors (Lipinski definition) is 0. The van der Waals surface area contributed by atoms with Crippen molar-refractivity contribution >= 4 is 24.5 Å². The van der Waals surface area contributed by atoms with E-state index in [9.17, 15) is 17.8 Å². The van der Waals surface area contributed by atoms with Crippen LogP contribution in [0.15, 0.2) is 29.2 Å². The fourth-order valence-corrected chi connectivity index (χ4v) is 3.87. The van der Waals surface area contributed by atoms with Gasteiger partial charge in [0.05, 0.1) is 18.1 Å². The minimum absolute atomic E-state index is 0.0286. The Labute approximate surface area is 151 Å². The summed E-state index contributed by atoms with van der Waals surface area (Å²) in [7, 11) is -3.94. The van der Waals surface area contributed by atoms with Crippen LogP contribution in [0.2, 0.25) is 0 Å². The smallest absolute Gasteiger partial charge is 0.305 e. The van der Waals surface area contributed by atoms with Crippen molar-refractivity contribution in [3.8, 4) is 0 Å². The number of esters is 1. The second kappa shape index (κ2) is 10.6. The summed E-state index contributed by atoms with van der Waals surface area (Å²) in [6, 6.07) is 6.39. The fourth-order valence-electron chi connectivity index (χ4n) is 2.26. The van der Waals surface area contributed by atoms with Gasteiger partial charge in [0.2, 0.25) is 0 Å². The van der Waals surface area contributed by atoms with Gasteiger partial charge in [-0.2, -0.15) is 8.42 Å². The van der Waals surface area contributed by atoms with Crippen LogP contribution in [-0.2, 0) is 28.4 Å². The summed E-state index contributed by atoms with van der Waals surface area (Å²) >= 11 is 0. The number of aryl methyl sites for hydroxylation is 1. The van der Waals surface area contributed by atoms with E-state index < -0.39 is 10.1 Å². The molecule has 0 aliphatic rings. The standard InChI is InChI=1S/C17H25O6PS/c1-4-22-17(18)10-7-14(3)15(12-24-19)11-23-25(20,21)16-8-5-13(2)6-9-16/h5-6,8-9,14-15H,4,7,10-12H2,1-3H3. The summed E-state index contributed by atoms with van der Waals surface area (Å²) in [6.07, 6.45) is 1.03. The summed E-state index contributed by atoms with van der Waals surface area (Å²) in [4.78, 5) is 11.5. The fraction of sp³-hybridized carbons (Fsp3) is 0.588. The van der Waals surface area contributed by atoms with E-state index in [2.05, 4.69) is 0 Å². The number of benzene rings is 1. The number of carbonyl (C=O) groups excluding carboxylic acids is 1. The molecule has 0 heterocycles. The Balaban J connectivity index is 2.66. The zero-order chi connectivity index (χ0) is 18.9. The summed E-state index contributed by atoms with van der Waals surface area (Å²) in [5.41, 5.74) is 0.953. The molecular formula is C17H25O6PS. The van der Waals surface area contributed by atoms with E-state index in [-0.39, 0.29) is 50.4 Å². The van der Waals surface area contributed by atoms with E-state index in [0.29, 0.717) is 13.0 Å². The van der Waals surface area contributed by atoms with Crippen LogP contribution in [0.3, 0.4) is 0 Å². The highest BCUT2D eigenvalue weighted by molar-refractivity contribution is 7.86. The lowest BCUT2D eigenvalue weighted by molar-refractivity contribution is -0.143. The van der Waals surface area contributed by atoms with Gasteiger partial charge in [-0.15, -0.1) is 0 Å². The van der Waals surface area contributed by atoms with E-state index in [1.54, 1.807) is 19.1 Å². The van der Waals surface area contributed by atoms with Crippen molar-refractivity contribution in [3.63, 3.8) is 0 Å². The molecule has 0 N–H and O–H groups in total. The molecule has 0 saturated carbocycles. The molecule has 6 nitrogen and oxygen atoms in total. The topological polar surface area (TPSA) is 86.7 Å². The van der Waals surface area contributed by atoms with Gasteiger partial charge in [-0.1, -0.05) is 24.6 Å². The summed E-state index contributed by atoms with van der Waals surface area (Å²) < 4.78 is 45.5. The van der Waals surface area contributed by atoms with Crippen LogP contribution < -0.4 is 0 Å². The molecule has 2 unspecified atom stereocenters. The van der Waals surface area contributed by atoms with Crippen LogP contribution >= 0.6 is 8.46 Å². The predicted molar refractivity (Wildman–Crippen MR) is 95.3 cm³/mol. The van der Waals surface area contributed by atoms with E-state index in [1.807, 2.05) is 13.8 Å². The molecular weight excluding hydrogens is 363 g/mol. The minimum atomic E-state index is -3.86. The normalized spacial score (nSPS) is 14.2. The Morgan fingerprint density at radius 1 is 1.24 bits per heavy atom. The average molecular weight is 388 g/mol. The molecule has 25 heavy (non-hydrogen) atoms. The lowest BCUT2D eigenvalue weighted by Crippen LogP contribution is -2.23. The molecule has 0 radical (unpaired) electrons. The molecule has 0 bridgehead atoms. The van der Waals surface area contributed by atoms with Crippen LogP contribution in [0.1, 0.15) is 32.3 Å². The van der Waals surface area contributed by atoms with E-state index in [0.717, 1.165) is 5.56 Å². The molecule has 2 atom stereocenters. The molecule has 0 aliphatic heterocycles. The maximum Gasteiger partial charge on any atom is 0.305 e. The monoisotopic (exact) mass is 388 g/mol. The van der Waals surface area contributed by atoms with Crippen LogP contribution in [0.25, 0.3) is 0 Å². The van der Waals surface area contributed by atoms with Gasteiger partial charge in [-0.3, -0.25) is 13.5 Å². The minimum Gasteiger partial charge on any atom is -0.466 e. The van der Waals surface area contributed by atoms with Crippen molar-refractivity contribution < 1.29 is 26.7 Å². The molecule has 0 fully saturated rings. The Hall–Kier alpha value is -1.30. The van der Waals surface area contributed by atoms with Gasteiger partial charge in [-0.25, -0.2) is 0 Å². The Bertz CT molecular complexity index is 656. The van der Waals surface area contributed by atoms with Gasteiger partial charge in [0, 0.05) is 12.6 Å². The zero-order valence-electron chi connectivity index (χ0n) is 14.8. The van der Waals surface area contributed by atoms with Crippen molar-refractivity contribution in [1.82, 2.24) is 0 Å². The van der Waals surface area contributed by atoms with E-state index in [4.69, 9.17) is 8.92 Å². The predicted octanol–water partition coefficient (Wildman–Crippen LogP) is 3.59. The third kappa shape index (κ3) is 7.63. The molecule has 0 amide bonds. The molecule has 1 aromatic carbocycles. The number of ether oxygens (including phenoxy) is 1. The van der Waals surface area contributed by atoms with Crippen LogP contribution in [0.5, 0.6) is 0 Å².